The topological polar surface area (TPSA) is 202 Å². The van der Waals surface area contributed by atoms with Crippen LogP contribution in [0.5, 0.6) is 0 Å². The summed E-state index contributed by atoms with van der Waals surface area (Å²) < 4.78 is 246. The molecule has 3 aliphatic heterocycles. The number of carboxylic acid groups (broad SMARTS) is 2. The van der Waals surface area contributed by atoms with Gasteiger partial charge in [-0.2, -0.15) is 79.0 Å². The second kappa shape index (κ2) is 43.2. The van der Waals surface area contributed by atoms with Crippen molar-refractivity contribution < 1.29 is 132 Å². The number of hydrogen-bond donors (Lipinski definition) is 3. The molecule has 0 saturated carbocycles. The normalized spacial score (nSPS) is 14.8. The fourth-order valence-corrected chi connectivity index (χ4v) is 12.5. The molecular weight excluding hydrogens is 1770 g/mol. The Morgan fingerprint density at radius 1 is 0.359 bits per heavy atom. The first-order valence-electron chi connectivity index (χ1n) is 35.0. The Hall–Kier alpha value is -8.93. The fraction of sp³-hybridized carbons (Fsp3) is 0.392. The number of hydrogen-bond acceptors (Lipinski definition) is 15. The van der Waals surface area contributed by atoms with E-state index >= 15 is 0 Å². The summed E-state index contributed by atoms with van der Waals surface area (Å²) in [7, 11) is 9.35. The summed E-state index contributed by atoms with van der Waals surface area (Å²) in [5, 5.41) is 20.1. The lowest BCUT2D eigenvalue weighted by Gasteiger charge is -2.33. The number of ether oxygens (including phenoxy) is 3. The second-order valence-corrected chi connectivity index (χ2v) is 28.6. The zero-order valence-corrected chi connectivity index (χ0v) is 68.0. The lowest BCUT2D eigenvalue weighted by molar-refractivity contribution is -0.139. The van der Waals surface area contributed by atoms with Crippen molar-refractivity contribution in [3.63, 3.8) is 0 Å². The number of alkyl halides is 19. The number of aryl methyl sites for hydroxylation is 3. The number of piperazine rings is 3. The van der Waals surface area contributed by atoms with E-state index in [1.807, 2.05) is 48.8 Å². The maximum atomic E-state index is 13.7. The molecule has 117 heavy (non-hydrogen) atoms. The molecule has 0 unspecified atom stereocenters. The van der Waals surface area contributed by atoms with Crippen LogP contribution in [0.15, 0.2) is 127 Å². The Morgan fingerprint density at radius 2 is 0.607 bits per heavy atom. The second-order valence-electron chi connectivity index (χ2n) is 26.9. The van der Waals surface area contributed by atoms with Gasteiger partial charge in [-0.25, -0.2) is 24.0 Å². The number of aromatic carboxylic acids is 2. The molecule has 0 spiro atoms. The van der Waals surface area contributed by atoms with Crippen molar-refractivity contribution >= 4 is 80.0 Å². The van der Waals surface area contributed by atoms with Gasteiger partial charge in [0.1, 0.15) is 0 Å². The molecule has 3 N–H and O–H groups in total. The molecule has 3 heterocycles. The number of esters is 3. The first-order valence-corrected chi connectivity index (χ1v) is 37.2. The van der Waals surface area contributed by atoms with Crippen LogP contribution in [0.3, 0.4) is 0 Å². The van der Waals surface area contributed by atoms with E-state index in [0.717, 1.165) is 132 Å². The highest BCUT2D eigenvalue weighted by molar-refractivity contribution is 14.1. The minimum absolute atomic E-state index is 0.00460. The number of halogens is 20. The van der Waals surface area contributed by atoms with Gasteiger partial charge >= 0.3 is 66.9 Å². The third-order valence-electron chi connectivity index (χ3n) is 18.3. The van der Waals surface area contributed by atoms with Gasteiger partial charge in [-0.1, -0.05) is 58.4 Å². The summed E-state index contributed by atoms with van der Waals surface area (Å²) >= 11 is 5.11. The van der Waals surface area contributed by atoms with Crippen molar-refractivity contribution in [1.82, 2.24) is 29.4 Å². The van der Waals surface area contributed by atoms with E-state index in [4.69, 9.17) is 10.2 Å². The van der Waals surface area contributed by atoms with Crippen LogP contribution in [0.1, 0.15) is 134 Å². The SMILES string of the molecule is CN1CCN(Cc2ccc(C(=O)O)cc2C(F)(F)F)CC1.COC(=O)c1ccc(C)c(C(F)(F)F)c1.COC(=O)c1ccc(CBr)c(C(F)(F)F)c1.COC(=O)c1ccc(CN2CCN(C)CC2)c(C(F)(F)F)c1.Cc1ccc(C(=O)O)cc1C(F)(F)F.Cc1ccc(NC(=O)c2ccc(CN3CCN(C)CC3)c(C(F)(F)F)c2)cc1I. The van der Waals surface area contributed by atoms with Crippen molar-refractivity contribution in [2.24, 2.45) is 0 Å². The first kappa shape index (κ1) is 98.6. The summed E-state index contributed by atoms with van der Waals surface area (Å²) in [5.74, 6) is -5.60. The Labute approximate surface area is 683 Å². The molecule has 640 valence electrons. The largest absolute Gasteiger partial charge is 0.478 e. The molecule has 0 atom stereocenters. The third-order valence-corrected chi connectivity index (χ3v) is 20.1. The standard InChI is InChI=1S/C21H23F3IN3O.C15H19F3N2O2.C14H17F3N2O2.C10H8BrF3O2.C10H9F3O2.C9H7F3O2/c1-14-3-6-17(12-19(14)25)26-20(29)15-4-5-16(18(11-15)21(22,23)24)13-28-9-7-27(2)8-10-28;1-19-5-7-20(8-6-19)10-12-4-3-11(14(21)22-2)9-13(12)15(16,17)18;1-18-4-6-19(7-5-18)9-11-3-2-10(13(20)21)8-12(11)14(15,16)17;1-16-9(15)6-2-3-7(5-11)8(4-6)10(12,13)14;1-6-3-4-7(9(14)15-2)5-8(6)10(11,12)13;1-5-2-3-6(8(13)14)4-7(5)9(10,11)12/h3-6,11-12H,7-10,13H2,1-2H3,(H,26,29);3-4,9H,5-8,10H2,1-2H3;2-3,8H,4-7,9H2,1H3,(H,20,21);2-4H,5H2,1H3;3-5H,1-2H3;2-4H,1H3,(H,13,14). The van der Waals surface area contributed by atoms with Crippen LogP contribution < -0.4 is 5.32 Å². The average molecular weight is 1860 g/mol. The maximum Gasteiger partial charge on any atom is 0.416 e. The molecular formula is C79H83BrF18IN7O11. The molecule has 7 aromatic carbocycles. The van der Waals surface area contributed by atoms with Crippen molar-refractivity contribution in [2.75, 3.05) is 126 Å². The summed E-state index contributed by atoms with van der Waals surface area (Å²) in [6.45, 7) is 14.5. The number of methoxy groups -OCH3 is 3. The molecule has 3 aliphatic rings. The van der Waals surface area contributed by atoms with E-state index in [-0.39, 0.29) is 91.7 Å². The fourth-order valence-electron chi connectivity index (χ4n) is 11.5. The molecule has 0 radical (unpaired) electrons. The molecule has 3 fully saturated rings. The predicted octanol–water partition coefficient (Wildman–Crippen LogP) is 17.9. The number of amides is 1. The van der Waals surface area contributed by atoms with E-state index < -0.39 is 106 Å². The number of carbonyl (C=O) groups is 6. The van der Waals surface area contributed by atoms with Gasteiger partial charge in [-0.3, -0.25) is 19.5 Å². The quantitative estimate of drug-likeness (QED) is 0.0305. The molecule has 1 amide bonds. The van der Waals surface area contributed by atoms with Crippen LogP contribution in [0, 0.1) is 24.3 Å². The molecule has 3 saturated heterocycles. The van der Waals surface area contributed by atoms with E-state index in [9.17, 15) is 108 Å². The van der Waals surface area contributed by atoms with Gasteiger partial charge in [0.05, 0.1) is 82.5 Å². The van der Waals surface area contributed by atoms with Gasteiger partial charge < -0.3 is 44.4 Å². The molecule has 0 aliphatic carbocycles. The summed E-state index contributed by atoms with van der Waals surface area (Å²) in [6, 6.07) is 25.7. The Bertz CT molecular complexity index is 4560. The maximum absolute atomic E-state index is 13.7. The van der Waals surface area contributed by atoms with Crippen LogP contribution in [0.25, 0.3) is 0 Å². The predicted molar refractivity (Wildman–Crippen MR) is 409 cm³/mol. The lowest BCUT2D eigenvalue weighted by Crippen LogP contribution is -2.44. The Balaban J connectivity index is 0.000000255. The van der Waals surface area contributed by atoms with E-state index in [1.54, 1.807) is 12.1 Å². The van der Waals surface area contributed by atoms with Crippen molar-refractivity contribution in [1.29, 1.82) is 0 Å². The highest BCUT2D eigenvalue weighted by atomic mass is 127. The van der Waals surface area contributed by atoms with Crippen molar-refractivity contribution in [3.05, 3.63) is 237 Å². The highest BCUT2D eigenvalue weighted by Gasteiger charge is 2.40. The van der Waals surface area contributed by atoms with Crippen molar-refractivity contribution in [2.45, 2.75) is 82.8 Å². The van der Waals surface area contributed by atoms with Crippen LogP contribution in [0.4, 0.5) is 84.7 Å². The van der Waals surface area contributed by atoms with Gasteiger partial charge in [-0.15, -0.1) is 0 Å². The molecule has 7 aromatic rings. The molecule has 38 heteroatoms. The number of likely N-dealkylation sites (N-methyl/N-ethyl adjacent to an activating group) is 3. The number of benzene rings is 7. The van der Waals surface area contributed by atoms with Crippen LogP contribution >= 0.6 is 38.5 Å². The monoisotopic (exact) mass is 1850 g/mol. The summed E-state index contributed by atoms with van der Waals surface area (Å²) in [6.07, 6.45) is -27.0. The molecule has 0 aromatic heterocycles. The average Bonchev–Trinajstić information content (AvgIpc) is 0.787. The number of carbonyl (C=O) groups excluding carboxylic acids is 4. The van der Waals surface area contributed by atoms with Gasteiger partial charge in [0.2, 0.25) is 0 Å². The van der Waals surface area contributed by atoms with Gasteiger partial charge in [-0.05, 0) is 188 Å². The number of nitrogens with one attached hydrogen (secondary N) is 1. The third kappa shape index (κ3) is 30.7. The van der Waals surface area contributed by atoms with Gasteiger partial charge in [0, 0.05) is 118 Å². The number of nitrogens with zero attached hydrogens (tertiary/aromatic N) is 6. The van der Waals surface area contributed by atoms with E-state index in [1.165, 1.54) is 74.5 Å². The zero-order chi connectivity index (χ0) is 88.0. The molecule has 18 nitrogen and oxygen atoms in total. The van der Waals surface area contributed by atoms with E-state index in [0.29, 0.717) is 30.9 Å². The summed E-state index contributed by atoms with van der Waals surface area (Å²) in [5.41, 5.74) is -3.62. The van der Waals surface area contributed by atoms with Crippen LogP contribution in [0.2, 0.25) is 0 Å². The smallest absolute Gasteiger partial charge is 0.416 e. The Kier molecular flexibility index (Phi) is 36.4. The van der Waals surface area contributed by atoms with Gasteiger partial charge in [0.15, 0.2) is 0 Å². The highest BCUT2D eigenvalue weighted by Crippen LogP contribution is 2.39. The molecule has 0 bridgehead atoms. The van der Waals surface area contributed by atoms with Crippen LogP contribution in [-0.2, 0) is 76.2 Å². The van der Waals surface area contributed by atoms with Crippen molar-refractivity contribution in [3.8, 4) is 0 Å². The minimum Gasteiger partial charge on any atom is -0.478 e. The Morgan fingerprint density at radius 3 is 0.906 bits per heavy atom. The van der Waals surface area contributed by atoms with E-state index in [2.05, 4.69) is 72.7 Å². The lowest BCUT2D eigenvalue weighted by atomic mass is 10.0. The number of rotatable bonds is 14. The summed E-state index contributed by atoms with van der Waals surface area (Å²) in [4.78, 5) is 79.7. The van der Waals surface area contributed by atoms with Gasteiger partial charge in [0.25, 0.3) is 5.91 Å². The number of anilines is 1. The molecule has 10 rings (SSSR count). The zero-order valence-electron chi connectivity index (χ0n) is 64.2. The number of carboxylic acids is 2. The van der Waals surface area contributed by atoms with Crippen LogP contribution in [-0.4, -0.2) is 196 Å². The minimum atomic E-state index is -4.55. The first-order chi connectivity index (χ1) is 54.3.